The minimum atomic E-state index is -0.473. The Bertz CT molecular complexity index is 1320. The van der Waals surface area contributed by atoms with Crippen LogP contribution >= 0.6 is 34.7 Å². The van der Waals surface area contributed by atoms with Gasteiger partial charge in [0.2, 0.25) is 5.91 Å². The molecule has 0 atom stereocenters. The Morgan fingerprint density at radius 1 is 1.21 bits per heavy atom. The van der Waals surface area contributed by atoms with E-state index in [4.69, 9.17) is 11.6 Å². The summed E-state index contributed by atoms with van der Waals surface area (Å²) in [4.78, 5) is 37.8. The minimum absolute atomic E-state index is 0.255. The van der Waals surface area contributed by atoms with Gasteiger partial charge in [-0.25, -0.2) is 4.68 Å². The zero-order chi connectivity index (χ0) is 20.4. The molecule has 4 aromatic rings. The van der Waals surface area contributed by atoms with Crippen LogP contribution in [-0.2, 0) is 11.3 Å². The number of nitrogens with zero attached hydrogens (tertiary/aromatic N) is 3. The number of rotatable bonds is 5. The molecule has 4 rings (SSSR count). The van der Waals surface area contributed by atoms with Crippen LogP contribution in [0.2, 0.25) is 5.02 Å². The molecule has 2 aromatic heterocycles. The van der Waals surface area contributed by atoms with Crippen LogP contribution in [-0.4, -0.2) is 25.9 Å². The third-order valence-electron chi connectivity index (χ3n) is 3.94. The second kappa shape index (κ2) is 8.19. The first-order valence-electron chi connectivity index (χ1n) is 8.26. The number of carbonyl (C=O) groups is 1. The van der Waals surface area contributed by atoms with Crippen LogP contribution in [0.15, 0.2) is 66.8 Å². The van der Waals surface area contributed by atoms with Crippen LogP contribution in [0.4, 0.5) is 5.69 Å². The maximum Gasteiger partial charge on any atom is 0.273 e. The van der Waals surface area contributed by atoms with E-state index in [1.807, 2.05) is 0 Å². The first kappa shape index (κ1) is 19.4. The van der Waals surface area contributed by atoms with E-state index in [9.17, 15) is 14.4 Å². The molecular weight excluding hydrogens is 434 g/mol. The van der Waals surface area contributed by atoms with Gasteiger partial charge in [0.1, 0.15) is 12.1 Å². The van der Waals surface area contributed by atoms with Crippen molar-refractivity contribution in [2.75, 3.05) is 5.32 Å². The molecule has 146 valence electrons. The number of fused-ring (bicyclic) bond motifs is 1. The molecular formula is C18H12ClN5O3S2. The maximum atomic E-state index is 12.5. The Hall–Kier alpha value is -2.95. The summed E-state index contributed by atoms with van der Waals surface area (Å²) in [7, 11) is 0. The Morgan fingerprint density at radius 3 is 2.72 bits per heavy atom. The number of anilines is 1. The van der Waals surface area contributed by atoms with Gasteiger partial charge in [0.25, 0.3) is 11.1 Å². The number of hydrogen-bond donors (Lipinski definition) is 2. The van der Waals surface area contributed by atoms with Crippen LogP contribution in [0.3, 0.4) is 0 Å². The van der Waals surface area contributed by atoms with Crippen molar-refractivity contribution in [2.45, 2.75) is 15.8 Å². The van der Waals surface area contributed by atoms with E-state index >= 15 is 0 Å². The largest absolute Gasteiger partial charge is 0.324 e. The number of carbonyl (C=O) groups excluding carboxylic acids is 1. The van der Waals surface area contributed by atoms with Crippen molar-refractivity contribution in [2.24, 2.45) is 0 Å². The van der Waals surface area contributed by atoms with Crippen molar-refractivity contribution < 1.29 is 4.79 Å². The maximum absolute atomic E-state index is 12.5. The zero-order valence-corrected chi connectivity index (χ0v) is 17.0. The minimum Gasteiger partial charge on any atom is -0.324 e. The molecule has 0 saturated heterocycles. The van der Waals surface area contributed by atoms with E-state index < -0.39 is 17.0 Å². The van der Waals surface area contributed by atoms with Crippen molar-refractivity contribution in [1.29, 1.82) is 0 Å². The zero-order valence-electron chi connectivity index (χ0n) is 14.6. The van der Waals surface area contributed by atoms with Crippen molar-refractivity contribution in [1.82, 2.24) is 20.0 Å². The molecule has 0 unspecified atom stereocenters. The van der Waals surface area contributed by atoms with E-state index in [1.54, 1.807) is 48.0 Å². The Kier molecular flexibility index (Phi) is 5.47. The fourth-order valence-electron chi connectivity index (χ4n) is 2.66. The molecule has 11 heteroatoms. The van der Waals surface area contributed by atoms with Crippen molar-refractivity contribution in [3.05, 3.63) is 73.7 Å². The van der Waals surface area contributed by atoms with Crippen LogP contribution in [0.25, 0.3) is 10.8 Å². The third kappa shape index (κ3) is 4.24. The number of aromatic amines is 1. The number of amides is 1. The van der Waals surface area contributed by atoms with E-state index in [0.717, 1.165) is 13.9 Å². The molecule has 0 fully saturated rings. The van der Waals surface area contributed by atoms with E-state index in [-0.39, 0.29) is 17.3 Å². The van der Waals surface area contributed by atoms with Crippen LogP contribution in [0, 0.1) is 0 Å². The van der Waals surface area contributed by atoms with Crippen molar-refractivity contribution in [3.63, 3.8) is 0 Å². The number of H-pyrrole nitrogens is 1. The molecule has 2 heterocycles. The molecule has 0 aliphatic rings. The lowest BCUT2D eigenvalue weighted by Gasteiger charge is -2.09. The predicted octanol–water partition coefficient (Wildman–Crippen LogP) is 2.98. The fourth-order valence-corrected chi connectivity index (χ4v) is 4.40. The summed E-state index contributed by atoms with van der Waals surface area (Å²) in [5.74, 6) is -0.473. The SMILES string of the molecule is O=C(Cn1[nH]c(=O)c2ccccc2c1=O)Nc1ccc(Sc2nncs2)c(Cl)c1. The summed E-state index contributed by atoms with van der Waals surface area (Å²) in [5.41, 5.74) is 1.22. The third-order valence-corrected chi connectivity index (χ3v) is 6.22. The normalized spacial score (nSPS) is 10.9. The summed E-state index contributed by atoms with van der Waals surface area (Å²) in [6.45, 7) is -0.336. The molecule has 8 nitrogen and oxygen atoms in total. The van der Waals surface area contributed by atoms with E-state index in [1.165, 1.54) is 23.1 Å². The number of nitrogens with one attached hydrogen (secondary N) is 2. The van der Waals surface area contributed by atoms with Gasteiger partial charge in [-0.2, -0.15) is 0 Å². The van der Waals surface area contributed by atoms with Gasteiger partial charge in [-0.3, -0.25) is 19.5 Å². The lowest BCUT2D eigenvalue weighted by atomic mass is 10.2. The first-order valence-corrected chi connectivity index (χ1v) is 10.3. The number of hydrogen-bond acceptors (Lipinski definition) is 7. The molecule has 2 N–H and O–H groups in total. The second-order valence-corrected chi connectivity index (χ2v) is 8.41. The van der Waals surface area contributed by atoms with E-state index in [0.29, 0.717) is 10.7 Å². The Morgan fingerprint density at radius 2 is 2.00 bits per heavy atom. The highest BCUT2D eigenvalue weighted by molar-refractivity contribution is 8.01. The average molecular weight is 446 g/mol. The fraction of sp³-hybridized carbons (Fsp3) is 0.0556. The molecule has 29 heavy (non-hydrogen) atoms. The summed E-state index contributed by atoms with van der Waals surface area (Å²) < 4.78 is 1.74. The van der Waals surface area contributed by atoms with Gasteiger partial charge in [-0.15, -0.1) is 10.2 Å². The van der Waals surface area contributed by atoms with Gasteiger partial charge in [-0.05, 0) is 30.3 Å². The molecule has 1 amide bonds. The molecule has 0 radical (unpaired) electrons. The standard InChI is InChI=1S/C18H12ClN5O3S2/c19-13-7-10(5-6-14(13)29-18-22-20-9-28-18)21-15(25)8-24-17(27)12-4-2-1-3-11(12)16(26)23-24/h1-7,9H,8H2,(H,21,25)(H,23,26). The summed E-state index contributed by atoms with van der Waals surface area (Å²) >= 11 is 9.05. The van der Waals surface area contributed by atoms with Gasteiger partial charge in [0.15, 0.2) is 4.34 Å². The van der Waals surface area contributed by atoms with Gasteiger partial charge in [-0.1, -0.05) is 46.8 Å². The van der Waals surface area contributed by atoms with Crippen LogP contribution in [0.5, 0.6) is 0 Å². The topological polar surface area (TPSA) is 110 Å². The van der Waals surface area contributed by atoms with Crippen LogP contribution < -0.4 is 16.4 Å². The smallest absolute Gasteiger partial charge is 0.273 e. The average Bonchev–Trinajstić information content (AvgIpc) is 3.21. The highest BCUT2D eigenvalue weighted by atomic mass is 35.5. The van der Waals surface area contributed by atoms with Gasteiger partial charge in [0, 0.05) is 10.6 Å². The molecule has 0 saturated carbocycles. The number of halogens is 1. The van der Waals surface area contributed by atoms with E-state index in [2.05, 4.69) is 20.6 Å². The van der Waals surface area contributed by atoms with Crippen molar-refractivity contribution >= 4 is 57.1 Å². The Balaban J connectivity index is 1.51. The monoisotopic (exact) mass is 445 g/mol. The van der Waals surface area contributed by atoms with Crippen molar-refractivity contribution in [3.8, 4) is 0 Å². The number of benzene rings is 2. The second-order valence-electron chi connectivity index (χ2n) is 5.88. The lowest BCUT2D eigenvalue weighted by molar-refractivity contribution is -0.117. The summed E-state index contributed by atoms with van der Waals surface area (Å²) in [6.07, 6.45) is 0. The molecule has 2 aromatic carbocycles. The molecule has 0 bridgehead atoms. The molecule has 0 spiro atoms. The first-order chi connectivity index (χ1) is 14.0. The van der Waals surface area contributed by atoms with Gasteiger partial charge >= 0.3 is 0 Å². The van der Waals surface area contributed by atoms with Gasteiger partial charge in [0.05, 0.1) is 15.8 Å². The van der Waals surface area contributed by atoms with Gasteiger partial charge < -0.3 is 5.32 Å². The quantitative estimate of drug-likeness (QED) is 0.488. The highest BCUT2D eigenvalue weighted by Crippen LogP contribution is 2.35. The summed E-state index contributed by atoms with van der Waals surface area (Å²) in [5, 5.41) is 13.8. The highest BCUT2D eigenvalue weighted by Gasteiger charge is 2.12. The summed E-state index contributed by atoms with van der Waals surface area (Å²) in [6, 6.07) is 11.5. The van der Waals surface area contributed by atoms with Crippen LogP contribution in [0.1, 0.15) is 0 Å². The predicted molar refractivity (Wildman–Crippen MR) is 113 cm³/mol. The lowest BCUT2D eigenvalue weighted by Crippen LogP contribution is -2.34. The number of aromatic nitrogens is 4. The molecule has 0 aliphatic heterocycles. The Labute approximate surface area is 176 Å². The molecule has 0 aliphatic carbocycles.